The number of hydrogen-bond donors (Lipinski definition) is 2. The zero-order chi connectivity index (χ0) is 16.1. The van der Waals surface area contributed by atoms with Gasteiger partial charge in [0.25, 0.3) is 0 Å². The van der Waals surface area contributed by atoms with Crippen molar-refractivity contribution >= 4 is 5.91 Å². The van der Waals surface area contributed by atoms with Crippen molar-refractivity contribution in [1.82, 2.24) is 20.4 Å². The summed E-state index contributed by atoms with van der Waals surface area (Å²) in [5.74, 6) is 0.322. The van der Waals surface area contributed by atoms with Gasteiger partial charge in [0.05, 0.1) is 5.92 Å². The van der Waals surface area contributed by atoms with Crippen LogP contribution in [0.5, 0.6) is 0 Å². The van der Waals surface area contributed by atoms with Crippen molar-refractivity contribution in [2.45, 2.75) is 19.5 Å². The van der Waals surface area contributed by atoms with Crippen LogP contribution in [0.3, 0.4) is 0 Å². The summed E-state index contributed by atoms with van der Waals surface area (Å²) in [6.45, 7) is 8.01. The molecule has 126 valence electrons. The molecular formula is C18H28N4O. The first-order chi connectivity index (χ1) is 11.2. The van der Waals surface area contributed by atoms with E-state index in [-0.39, 0.29) is 11.8 Å². The summed E-state index contributed by atoms with van der Waals surface area (Å²) in [4.78, 5) is 16.9. The number of benzene rings is 1. The third-order valence-corrected chi connectivity index (χ3v) is 4.92. The summed E-state index contributed by atoms with van der Waals surface area (Å²) in [5.41, 5.74) is 2.52. The molecule has 0 radical (unpaired) electrons. The molecule has 1 aromatic rings. The van der Waals surface area contributed by atoms with Crippen molar-refractivity contribution in [1.29, 1.82) is 0 Å². The summed E-state index contributed by atoms with van der Waals surface area (Å²) < 4.78 is 0. The molecule has 1 unspecified atom stereocenters. The predicted octanol–water partition coefficient (Wildman–Crippen LogP) is 0.660. The third kappa shape index (κ3) is 4.77. The lowest BCUT2D eigenvalue weighted by Crippen LogP contribution is -2.43. The SMILES string of the molecule is CN1CCN(Cc2ccc(CNC(=O)C3CCNC3)cc2)CC1. The molecule has 0 aromatic heterocycles. The van der Waals surface area contributed by atoms with Gasteiger partial charge in [0.1, 0.15) is 0 Å². The zero-order valence-corrected chi connectivity index (χ0v) is 14.1. The second-order valence-electron chi connectivity index (χ2n) is 6.80. The second-order valence-corrected chi connectivity index (χ2v) is 6.80. The van der Waals surface area contributed by atoms with Crippen LogP contribution in [-0.4, -0.2) is 62.0 Å². The maximum absolute atomic E-state index is 12.0. The van der Waals surface area contributed by atoms with Crippen molar-refractivity contribution in [2.75, 3.05) is 46.3 Å². The number of nitrogens with one attached hydrogen (secondary N) is 2. The maximum Gasteiger partial charge on any atom is 0.224 e. The van der Waals surface area contributed by atoms with Crippen molar-refractivity contribution in [3.05, 3.63) is 35.4 Å². The van der Waals surface area contributed by atoms with Crippen LogP contribution in [0.25, 0.3) is 0 Å². The molecule has 2 fully saturated rings. The Morgan fingerprint density at radius 3 is 2.52 bits per heavy atom. The first-order valence-electron chi connectivity index (χ1n) is 8.68. The lowest BCUT2D eigenvalue weighted by molar-refractivity contribution is -0.124. The van der Waals surface area contributed by atoms with Crippen molar-refractivity contribution < 1.29 is 4.79 Å². The number of carbonyl (C=O) groups excluding carboxylic acids is 1. The molecule has 0 aliphatic carbocycles. The summed E-state index contributed by atoms with van der Waals surface area (Å²) in [6.07, 6.45) is 0.954. The molecule has 3 rings (SSSR count). The first-order valence-corrected chi connectivity index (χ1v) is 8.68. The number of amides is 1. The normalized spacial score (nSPS) is 23.1. The fourth-order valence-corrected chi connectivity index (χ4v) is 3.24. The second kappa shape index (κ2) is 7.90. The van der Waals surface area contributed by atoms with E-state index in [1.54, 1.807) is 0 Å². The van der Waals surface area contributed by atoms with Crippen molar-refractivity contribution in [3.63, 3.8) is 0 Å². The Morgan fingerprint density at radius 1 is 1.17 bits per heavy atom. The van der Waals surface area contributed by atoms with Crippen LogP contribution in [0.4, 0.5) is 0 Å². The summed E-state index contributed by atoms with van der Waals surface area (Å²) in [6, 6.07) is 8.66. The fourth-order valence-electron chi connectivity index (χ4n) is 3.24. The van der Waals surface area contributed by atoms with E-state index in [1.807, 2.05) is 0 Å². The molecule has 5 heteroatoms. The lowest BCUT2D eigenvalue weighted by atomic mass is 10.1. The van der Waals surface area contributed by atoms with E-state index in [1.165, 1.54) is 11.1 Å². The number of nitrogens with zero attached hydrogens (tertiary/aromatic N) is 2. The Morgan fingerprint density at radius 2 is 1.87 bits per heavy atom. The Balaban J connectivity index is 1.44. The average molecular weight is 316 g/mol. The molecule has 0 bridgehead atoms. The van der Waals surface area contributed by atoms with E-state index in [2.05, 4.69) is 51.7 Å². The topological polar surface area (TPSA) is 47.6 Å². The number of likely N-dealkylation sites (N-methyl/N-ethyl adjacent to an activating group) is 1. The van der Waals surface area contributed by atoms with Gasteiger partial charge in [0.15, 0.2) is 0 Å². The van der Waals surface area contributed by atoms with Crippen LogP contribution in [-0.2, 0) is 17.9 Å². The average Bonchev–Trinajstić information content (AvgIpc) is 3.11. The fraction of sp³-hybridized carbons (Fsp3) is 0.611. The summed E-state index contributed by atoms with van der Waals surface area (Å²) >= 11 is 0. The van der Waals surface area contributed by atoms with E-state index in [0.717, 1.165) is 52.2 Å². The van der Waals surface area contributed by atoms with Gasteiger partial charge in [0, 0.05) is 45.8 Å². The van der Waals surface area contributed by atoms with Gasteiger partial charge >= 0.3 is 0 Å². The number of carbonyl (C=O) groups is 1. The highest BCUT2D eigenvalue weighted by Gasteiger charge is 2.21. The van der Waals surface area contributed by atoms with Crippen LogP contribution < -0.4 is 10.6 Å². The van der Waals surface area contributed by atoms with E-state index in [9.17, 15) is 4.79 Å². The van der Waals surface area contributed by atoms with E-state index in [4.69, 9.17) is 0 Å². The van der Waals surface area contributed by atoms with Crippen LogP contribution in [0, 0.1) is 5.92 Å². The molecule has 2 heterocycles. The van der Waals surface area contributed by atoms with Gasteiger partial charge in [0.2, 0.25) is 5.91 Å². The first kappa shape index (κ1) is 16.4. The quantitative estimate of drug-likeness (QED) is 0.838. The minimum Gasteiger partial charge on any atom is -0.352 e. The molecule has 5 nitrogen and oxygen atoms in total. The molecule has 1 amide bonds. The minimum atomic E-state index is 0.145. The summed E-state index contributed by atoms with van der Waals surface area (Å²) in [7, 11) is 2.18. The van der Waals surface area contributed by atoms with E-state index >= 15 is 0 Å². The zero-order valence-electron chi connectivity index (χ0n) is 14.1. The van der Waals surface area contributed by atoms with Gasteiger partial charge in [-0.2, -0.15) is 0 Å². The molecule has 2 N–H and O–H groups in total. The van der Waals surface area contributed by atoms with E-state index in [0.29, 0.717) is 6.54 Å². The molecule has 1 aromatic carbocycles. The lowest BCUT2D eigenvalue weighted by Gasteiger charge is -2.32. The van der Waals surface area contributed by atoms with Crippen LogP contribution in [0.1, 0.15) is 17.5 Å². The Kier molecular flexibility index (Phi) is 5.65. The van der Waals surface area contributed by atoms with Crippen LogP contribution in [0.15, 0.2) is 24.3 Å². The van der Waals surface area contributed by atoms with Gasteiger partial charge < -0.3 is 15.5 Å². The molecule has 1 atom stereocenters. The summed E-state index contributed by atoms with van der Waals surface area (Å²) in [5, 5.41) is 6.28. The maximum atomic E-state index is 12.0. The van der Waals surface area contributed by atoms with Crippen molar-refractivity contribution in [2.24, 2.45) is 5.92 Å². The van der Waals surface area contributed by atoms with Crippen LogP contribution in [0.2, 0.25) is 0 Å². The minimum absolute atomic E-state index is 0.145. The molecule has 2 aliphatic rings. The van der Waals surface area contributed by atoms with Gasteiger partial charge in [-0.25, -0.2) is 0 Å². The molecule has 0 spiro atoms. The standard InChI is InChI=1S/C18H28N4O/c1-21-8-10-22(11-9-21)14-16-4-2-15(3-5-16)12-20-18(23)17-6-7-19-13-17/h2-5,17,19H,6-14H2,1H3,(H,20,23). The smallest absolute Gasteiger partial charge is 0.224 e. The molecule has 2 aliphatic heterocycles. The largest absolute Gasteiger partial charge is 0.352 e. The monoisotopic (exact) mass is 316 g/mol. The van der Waals surface area contributed by atoms with Gasteiger partial charge in [-0.3, -0.25) is 9.69 Å². The number of rotatable bonds is 5. The highest BCUT2D eigenvalue weighted by atomic mass is 16.1. The Labute approximate surface area is 139 Å². The number of hydrogen-bond acceptors (Lipinski definition) is 4. The van der Waals surface area contributed by atoms with E-state index < -0.39 is 0 Å². The van der Waals surface area contributed by atoms with Gasteiger partial charge in [-0.05, 0) is 31.1 Å². The van der Waals surface area contributed by atoms with Gasteiger partial charge in [-0.15, -0.1) is 0 Å². The Bertz CT molecular complexity index is 502. The van der Waals surface area contributed by atoms with Gasteiger partial charge in [-0.1, -0.05) is 24.3 Å². The molecular weight excluding hydrogens is 288 g/mol. The molecule has 2 saturated heterocycles. The Hall–Kier alpha value is -1.43. The highest BCUT2D eigenvalue weighted by molar-refractivity contribution is 5.79. The molecule has 0 saturated carbocycles. The van der Waals surface area contributed by atoms with Crippen molar-refractivity contribution in [3.8, 4) is 0 Å². The molecule has 23 heavy (non-hydrogen) atoms. The number of piperazine rings is 1. The third-order valence-electron chi connectivity index (χ3n) is 4.92. The highest BCUT2D eigenvalue weighted by Crippen LogP contribution is 2.11. The van der Waals surface area contributed by atoms with Crippen LogP contribution >= 0.6 is 0 Å². The predicted molar refractivity (Wildman–Crippen MR) is 92.0 cm³/mol.